The fourth-order valence-electron chi connectivity index (χ4n) is 2.80. The summed E-state index contributed by atoms with van der Waals surface area (Å²) in [6, 6.07) is 4.93. The molecular weight excluding hydrogens is 256 g/mol. The van der Waals surface area contributed by atoms with Crippen LogP contribution in [-0.2, 0) is 0 Å². The molecule has 1 fully saturated rings. The quantitative estimate of drug-likeness (QED) is 0.480. The summed E-state index contributed by atoms with van der Waals surface area (Å²) in [4.78, 5) is 24.3. The minimum Gasteiger partial charge on any atom is -0.371 e. The number of carbonyl (C=O) groups is 1. The number of benzene rings is 1. The molecule has 1 aromatic rings. The monoisotopic (exact) mass is 276 g/mol. The van der Waals surface area contributed by atoms with E-state index in [0.29, 0.717) is 5.92 Å². The van der Waals surface area contributed by atoms with Gasteiger partial charge in [-0.3, -0.25) is 14.9 Å². The van der Waals surface area contributed by atoms with Gasteiger partial charge in [-0.25, -0.2) is 0 Å². The lowest BCUT2D eigenvalue weighted by atomic mass is 9.95. The molecule has 0 radical (unpaired) electrons. The normalized spacial score (nSPS) is 18.9. The molecule has 1 unspecified atom stereocenters. The molecule has 0 bridgehead atoms. The molecule has 20 heavy (non-hydrogen) atoms. The van der Waals surface area contributed by atoms with Crippen LogP contribution < -0.4 is 4.90 Å². The van der Waals surface area contributed by atoms with Gasteiger partial charge >= 0.3 is 0 Å². The maximum absolute atomic E-state index is 11.4. The summed E-state index contributed by atoms with van der Waals surface area (Å²) >= 11 is 0. The maximum Gasteiger partial charge on any atom is 0.282 e. The van der Waals surface area contributed by atoms with Gasteiger partial charge in [0.15, 0.2) is 5.78 Å². The van der Waals surface area contributed by atoms with Gasteiger partial charge in [0, 0.05) is 24.8 Å². The van der Waals surface area contributed by atoms with Gasteiger partial charge in [0.25, 0.3) is 5.69 Å². The van der Waals surface area contributed by atoms with Gasteiger partial charge in [-0.05, 0) is 37.8 Å². The molecule has 1 aromatic carbocycles. The van der Waals surface area contributed by atoms with Crippen molar-refractivity contribution in [2.45, 2.75) is 33.1 Å². The Balaban J connectivity index is 2.31. The molecular formula is C15H20N2O3. The molecule has 1 atom stereocenters. The molecule has 1 saturated heterocycles. The Morgan fingerprint density at radius 2 is 2.25 bits per heavy atom. The van der Waals surface area contributed by atoms with E-state index in [1.165, 1.54) is 19.4 Å². The topological polar surface area (TPSA) is 63.5 Å². The van der Waals surface area contributed by atoms with Crippen molar-refractivity contribution in [1.29, 1.82) is 0 Å². The van der Waals surface area contributed by atoms with Crippen molar-refractivity contribution >= 4 is 17.2 Å². The number of rotatable bonds is 4. The van der Waals surface area contributed by atoms with Crippen LogP contribution in [0.2, 0.25) is 0 Å². The standard InChI is InChI=1S/C15H20N2O3/c1-3-12-5-4-8-16(10-12)13-6-7-14(11(2)18)15(9-13)17(19)20/h6-7,9,12H,3-5,8,10H2,1-2H3. The minimum atomic E-state index is -0.471. The highest BCUT2D eigenvalue weighted by Crippen LogP contribution is 2.29. The lowest BCUT2D eigenvalue weighted by molar-refractivity contribution is -0.385. The second-order valence-corrected chi connectivity index (χ2v) is 5.38. The van der Waals surface area contributed by atoms with Crippen LogP contribution in [0, 0.1) is 16.0 Å². The molecule has 0 saturated carbocycles. The Morgan fingerprint density at radius 3 is 2.85 bits per heavy atom. The zero-order chi connectivity index (χ0) is 14.7. The van der Waals surface area contributed by atoms with Crippen LogP contribution in [0.5, 0.6) is 0 Å². The molecule has 5 heteroatoms. The van der Waals surface area contributed by atoms with Crippen LogP contribution in [0.1, 0.15) is 43.5 Å². The summed E-state index contributed by atoms with van der Waals surface area (Å²) < 4.78 is 0. The lowest BCUT2D eigenvalue weighted by Crippen LogP contribution is -2.35. The summed E-state index contributed by atoms with van der Waals surface area (Å²) in [5.74, 6) is 0.378. The summed E-state index contributed by atoms with van der Waals surface area (Å²) in [5, 5.41) is 11.1. The van der Waals surface area contributed by atoms with E-state index in [4.69, 9.17) is 0 Å². The van der Waals surface area contributed by atoms with Gasteiger partial charge in [-0.15, -0.1) is 0 Å². The molecule has 2 rings (SSSR count). The summed E-state index contributed by atoms with van der Waals surface area (Å²) in [5.41, 5.74) is 0.941. The molecule has 0 aliphatic carbocycles. The number of anilines is 1. The Morgan fingerprint density at radius 1 is 1.50 bits per heavy atom. The molecule has 1 heterocycles. The number of piperidine rings is 1. The fourth-order valence-corrected chi connectivity index (χ4v) is 2.80. The first kappa shape index (κ1) is 14.5. The summed E-state index contributed by atoms with van der Waals surface area (Å²) in [6.45, 7) is 5.39. The van der Waals surface area contributed by atoms with Gasteiger partial charge in [0.05, 0.1) is 10.5 Å². The van der Waals surface area contributed by atoms with Gasteiger partial charge in [-0.1, -0.05) is 13.3 Å². The van der Waals surface area contributed by atoms with Crippen molar-refractivity contribution in [1.82, 2.24) is 0 Å². The zero-order valence-corrected chi connectivity index (χ0v) is 12.0. The maximum atomic E-state index is 11.4. The van der Waals surface area contributed by atoms with E-state index in [1.54, 1.807) is 6.07 Å². The van der Waals surface area contributed by atoms with Crippen molar-refractivity contribution in [2.24, 2.45) is 5.92 Å². The first-order valence-electron chi connectivity index (χ1n) is 7.07. The van der Waals surface area contributed by atoms with Crippen molar-refractivity contribution < 1.29 is 9.72 Å². The third kappa shape index (κ3) is 2.98. The Bertz CT molecular complexity index is 528. The average molecular weight is 276 g/mol. The van der Waals surface area contributed by atoms with Crippen LogP contribution in [0.3, 0.4) is 0 Å². The van der Waals surface area contributed by atoms with Crippen molar-refractivity contribution in [2.75, 3.05) is 18.0 Å². The van der Waals surface area contributed by atoms with E-state index < -0.39 is 4.92 Å². The molecule has 108 valence electrons. The second-order valence-electron chi connectivity index (χ2n) is 5.38. The van der Waals surface area contributed by atoms with E-state index in [-0.39, 0.29) is 17.0 Å². The van der Waals surface area contributed by atoms with E-state index in [2.05, 4.69) is 11.8 Å². The third-order valence-corrected chi connectivity index (χ3v) is 4.02. The predicted octanol–water partition coefficient (Wildman–Crippen LogP) is 3.42. The number of nitro benzene ring substituents is 1. The van der Waals surface area contributed by atoms with Gasteiger partial charge in [0.2, 0.25) is 0 Å². The number of nitro groups is 1. The second kappa shape index (κ2) is 6.03. The Hall–Kier alpha value is -1.91. The van der Waals surface area contributed by atoms with E-state index >= 15 is 0 Å². The number of Topliss-reactive ketones (excluding diaryl/α,β-unsaturated/α-hetero) is 1. The smallest absolute Gasteiger partial charge is 0.282 e. The molecule has 0 amide bonds. The SMILES string of the molecule is CCC1CCCN(c2ccc(C(C)=O)c([N+](=O)[O-])c2)C1. The Kier molecular flexibility index (Phi) is 4.37. The predicted molar refractivity (Wildman–Crippen MR) is 78.3 cm³/mol. The highest BCUT2D eigenvalue weighted by Gasteiger charge is 2.23. The van der Waals surface area contributed by atoms with Crippen LogP contribution in [0.4, 0.5) is 11.4 Å². The average Bonchev–Trinajstić information content (AvgIpc) is 2.46. The van der Waals surface area contributed by atoms with Crippen LogP contribution in [0.15, 0.2) is 18.2 Å². The van der Waals surface area contributed by atoms with Crippen LogP contribution in [0.25, 0.3) is 0 Å². The zero-order valence-electron chi connectivity index (χ0n) is 12.0. The fraction of sp³-hybridized carbons (Fsp3) is 0.533. The van der Waals surface area contributed by atoms with Crippen LogP contribution in [-0.4, -0.2) is 23.8 Å². The number of nitrogens with zero attached hydrogens (tertiary/aromatic N) is 2. The molecule has 5 nitrogen and oxygen atoms in total. The van der Waals surface area contributed by atoms with Gasteiger partial charge < -0.3 is 4.90 Å². The first-order valence-corrected chi connectivity index (χ1v) is 7.07. The van der Waals surface area contributed by atoms with E-state index in [1.807, 2.05) is 6.07 Å². The van der Waals surface area contributed by atoms with Crippen LogP contribution >= 0.6 is 0 Å². The molecule has 0 N–H and O–H groups in total. The number of hydrogen-bond donors (Lipinski definition) is 0. The minimum absolute atomic E-state index is 0.0892. The highest BCUT2D eigenvalue weighted by molar-refractivity contribution is 5.98. The largest absolute Gasteiger partial charge is 0.371 e. The third-order valence-electron chi connectivity index (χ3n) is 4.02. The van der Waals surface area contributed by atoms with Crippen molar-refractivity contribution in [3.8, 4) is 0 Å². The number of ketones is 1. The molecule has 0 aromatic heterocycles. The number of hydrogen-bond acceptors (Lipinski definition) is 4. The first-order chi connectivity index (χ1) is 9.52. The molecule has 1 aliphatic rings. The van der Waals surface area contributed by atoms with Crippen molar-refractivity contribution in [3.63, 3.8) is 0 Å². The van der Waals surface area contributed by atoms with Gasteiger partial charge in [-0.2, -0.15) is 0 Å². The Labute approximate surface area is 118 Å². The summed E-state index contributed by atoms with van der Waals surface area (Å²) in [6.07, 6.45) is 3.46. The number of carbonyl (C=O) groups excluding carboxylic acids is 1. The highest BCUT2D eigenvalue weighted by atomic mass is 16.6. The van der Waals surface area contributed by atoms with Crippen molar-refractivity contribution in [3.05, 3.63) is 33.9 Å². The van der Waals surface area contributed by atoms with Gasteiger partial charge in [0.1, 0.15) is 0 Å². The molecule has 1 aliphatic heterocycles. The summed E-state index contributed by atoms with van der Waals surface area (Å²) in [7, 11) is 0. The van der Waals surface area contributed by atoms with E-state index in [0.717, 1.165) is 31.6 Å². The lowest BCUT2D eigenvalue weighted by Gasteiger charge is -2.34. The van der Waals surface area contributed by atoms with E-state index in [9.17, 15) is 14.9 Å². The molecule has 0 spiro atoms.